The highest BCUT2D eigenvalue weighted by molar-refractivity contribution is 5.26. The second-order valence-corrected chi connectivity index (χ2v) is 4.64. The Kier molecular flexibility index (Phi) is 4.10. The van der Waals surface area contributed by atoms with E-state index in [4.69, 9.17) is 9.52 Å². The van der Waals surface area contributed by atoms with E-state index in [1.807, 2.05) is 0 Å². The van der Waals surface area contributed by atoms with Gasteiger partial charge in [-0.1, -0.05) is 38.1 Å². The fraction of sp³-hybridized carbons (Fsp3) is 0.429. The van der Waals surface area contributed by atoms with Crippen LogP contribution in [-0.4, -0.2) is 21.9 Å². The van der Waals surface area contributed by atoms with Crippen LogP contribution in [0.15, 0.2) is 28.7 Å². The summed E-state index contributed by atoms with van der Waals surface area (Å²) in [5.41, 5.74) is 2.48. The highest BCUT2D eigenvalue weighted by Gasteiger charge is 2.07. The predicted octanol–water partition coefficient (Wildman–Crippen LogP) is 2.32. The van der Waals surface area contributed by atoms with Crippen LogP contribution in [0.1, 0.15) is 42.7 Å². The molecule has 4 nitrogen and oxygen atoms in total. The molecule has 0 fully saturated rings. The molecule has 1 aromatic heterocycles. The van der Waals surface area contributed by atoms with Crippen molar-refractivity contribution in [1.82, 2.24) is 10.2 Å². The van der Waals surface area contributed by atoms with Gasteiger partial charge in [-0.25, -0.2) is 0 Å². The van der Waals surface area contributed by atoms with Gasteiger partial charge >= 0.3 is 0 Å². The van der Waals surface area contributed by atoms with Crippen LogP contribution < -0.4 is 0 Å². The van der Waals surface area contributed by atoms with E-state index in [1.165, 1.54) is 5.56 Å². The lowest BCUT2D eigenvalue weighted by Crippen LogP contribution is -1.91. The summed E-state index contributed by atoms with van der Waals surface area (Å²) in [5, 5.41) is 16.6. The Bertz CT molecular complexity index is 489. The van der Waals surface area contributed by atoms with Crippen LogP contribution in [-0.2, 0) is 12.8 Å². The number of hydrogen-bond donors (Lipinski definition) is 1. The zero-order chi connectivity index (χ0) is 13.0. The van der Waals surface area contributed by atoms with Crippen LogP contribution in [0.4, 0.5) is 0 Å². The molecule has 18 heavy (non-hydrogen) atoms. The third-order valence-electron chi connectivity index (χ3n) is 2.84. The molecule has 0 bridgehead atoms. The number of aromatic nitrogens is 2. The first-order chi connectivity index (χ1) is 8.69. The quantitative estimate of drug-likeness (QED) is 0.879. The summed E-state index contributed by atoms with van der Waals surface area (Å²) >= 11 is 0. The average Bonchev–Trinajstić information content (AvgIpc) is 2.78. The van der Waals surface area contributed by atoms with Crippen molar-refractivity contribution in [3.8, 4) is 0 Å². The van der Waals surface area contributed by atoms with Crippen molar-refractivity contribution in [2.24, 2.45) is 0 Å². The van der Waals surface area contributed by atoms with Crippen LogP contribution in [0.5, 0.6) is 0 Å². The van der Waals surface area contributed by atoms with Gasteiger partial charge in [-0.05, 0) is 17.0 Å². The molecule has 0 spiro atoms. The van der Waals surface area contributed by atoms with Crippen LogP contribution in [0.25, 0.3) is 0 Å². The zero-order valence-corrected chi connectivity index (χ0v) is 10.8. The lowest BCUT2D eigenvalue weighted by atomic mass is 10.0. The Hall–Kier alpha value is -1.68. The smallest absolute Gasteiger partial charge is 0.220 e. The molecule has 2 rings (SSSR count). The number of benzene rings is 1. The lowest BCUT2D eigenvalue weighted by Gasteiger charge is -2.05. The van der Waals surface area contributed by atoms with E-state index < -0.39 is 0 Å². The monoisotopic (exact) mass is 246 g/mol. The van der Waals surface area contributed by atoms with Crippen LogP contribution in [0.2, 0.25) is 0 Å². The minimum atomic E-state index is 0.0325. The first-order valence-corrected chi connectivity index (χ1v) is 6.20. The summed E-state index contributed by atoms with van der Waals surface area (Å²) in [6.07, 6.45) is 1.05. The molecule has 0 aliphatic rings. The van der Waals surface area contributed by atoms with Crippen molar-refractivity contribution < 1.29 is 9.52 Å². The van der Waals surface area contributed by atoms with Crippen LogP contribution in [0.3, 0.4) is 0 Å². The van der Waals surface area contributed by atoms with Crippen molar-refractivity contribution >= 4 is 0 Å². The van der Waals surface area contributed by atoms with Crippen molar-refractivity contribution in [3.05, 3.63) is 47.2 Å². The van der Waals surface area contributed by atoms with Gasteiger partial charge in [0.25, 0.3) is 0 Å². The van der Waals surface area contributed by atoms with E-state index in [9.17, 15) is 0 Å². The lowest BCUT2D eigenvalue weighted by molar-refractivity contribution is 0.283. The molecule has 1 heterocycles. The standard InChI is InChI=1S/C14H18N2O2/c1-10(2)12-5-3-11(4-6-12)9-14-16-15-13(18-14)7-8-17/h3-6,10,17H,7-9H2,1-2H3. The number of aliphatic hydroxyl groups is 1. The number of rotatable bonds is 5. The third kappa shape index (κ3) is 3.17. The highest BCUT2D eigenvalue weighted by atomic mass is 16.4. The van der Waals surface area contributed by atoms with E-state index in [2.05, 4.69) is 48.3 Å². The van der Waals surface area contributed by atoms with Gasteiger partial charge in [0.2, 0.25) is 11.8 Å². The zero-order valence-electron chi connectivity index (χ0n) is 10.8. The molecular formula is C14H18N2O2. The van der Waals surface area contributed by atoms with E-state index >= 15 is 0 Å². The number of aliphatic hydroxyl groups excluding tert-OH is 1. The molecule has 4 heteroatoms. The molecule has 0 atom stereocenters. The molecule has 0 aliphatic heterocycles. The summed E-state index contributed by atoms with van der Waals surface area (Å²) in [4.78, 5) is 0. The van der Waals surface area contributed by atoms with Crippen LogP contribution >= 0.6 is 0 Å². The van der Waals surface area contributed by atoms with E-state index in [1.54, 1.807) is 0 Å². The molecule has 0 saturated heterocycles. The maximum Gasteiger partial charge on any atom is 0.220 e. The number of nitrogens with zero attached hydrogens (tertiary/aromatic N) is 2. The Balaban J connectivity index is 2.03. The van der Waals surface area contributed by atoms with Crippen LogP contribution in [0, 0.1) is 0 Å². The van der Waals surface area contributed by atoms with Gasteiger partial charge < -0.3 is 9.52 Å². The van der Waals surface area contributed by atoms with Gasteiger partial charge in [0.05, 0.1) is 13.0 Å². The SMILES string of the molecule is CC(C)c1ccc(Cc2nnc(CCO)o2)cc1. The summed E-state index contributed by atoms with van der Waals surface area (Å²) in [5.74, 6) is 1.63. The van der Waals surface area contributed by atoms with Gasteiger partial charge in [0.1, 0.15) is 0 Å². The van der Waals surface area contributed by atoms with E-state index in [-0.39, 0.29) is 6.61 Å². The highest BCUT2D eigenvalue weighted by Crippen LogP contribution is 2.16. The largest absolute Gasteiger partial charge is 0.425 e. The Morgan fingerprint density at radius 1 is 1.11 bits per heavy atom. The summed E-state index contributed by atoms with van der Waals surface area (Å²) < 4.78 is 5.42. The predicted molar refractivity (Wildman–Crippen MR) is 68.4 cm³/mol. The molecule has 96 valence electrons. The van der Waals surface area contributed by atoms with E-state index in [0.717, 1.165) is 5.56 Å². The van der Waals surface area contributed by atoms with Gasteiger partial charge in [-0.2, -0.15) is 0 Å². The second kappa shape index (κ2) is 5.78. The molecule has 0 amide bonds. The summed E-state index contributed by atoms with van der Waals surface area (Å²) in [7, 11) is 0. The van der Waals surface area contributed by atoms with Crippen molar-refractivity contribution in [2.75, 3.05) is 6.61 Å². The topological polar surface area (TPSA) is 59.2 Å². The molecule has 1 aromatic carbocycles. The fourth-order valence-corrected chi connectivity index (χ4v) is 1.75. The molecule has 0 unspecified atom stereocenters. The van der Waals surface area contributed by atoms with Crippen molar-refractivity contribution in [2.45, 2.75) is 32.6 Å². The summed E-state index contributed by atoms with van der Waals surface area (Å²) in [6.45, 7) is 4.38. The molecule has 0 saturated carbocycles. The maximum absolute atomic E-state index is 8.77. The van der Waals surface area contributed by atoms with Gasteiger partial charge in [-0.3, -0.25) is 0 Å². The molecule has 0 aliphatic carbocycles. The normalized spacial score (nSPS) is 11.1. The van der Waals surface area contributed by atoms with E-state index in [0.29, 0.717) is 30.5 Å². The third-order valence-corrected chi connectivity index (χ3v) is 2.84. The molecule has 1 N–H and O–H groups in total. The average molecular weight is 246 g/mol. The Morgan fingerprint density at radius 2 is 1.78 bits per heavy atom. The second-order valence-electron chi connectivity index (χ2n) is 4.64. The first-order valence-electron chi connectivity index (χ1n) is 6.20. The first kappa shape index (κ1) is 12.8. The van der Waals surface area contributed by atoms with Crippen molar-refractivity contribution in [1.29, 1.82) is 0 Å². The minimum Gasteiger partial charge on any atom is -0.425 e. The van der Waals surface area contributed by atoms with Gasteiger partial charge in [-0.15, -0.1) is 10.2 Å². The molecule has 2 aromatic rings. The van der Waals surface area contributed by atoms with Crippen molar-refractivity contribution in [3.63, 3.8) is 0 Å². The molecule has 0 radical (unpaired) electrons. The summed E-state index contributed by atoms with van der Waals surface area (Å²) in [6, 6.07) is 8.44. The van der Waals surface area contributed by atoms with Gasteiger partial charge in [0.15, 0.2) is 0 Å². The number of hydrogen-bond acceptors (Lipinski definition) is 4. The fourth-order valence-electron chi connectivity index (χ4n) is 1.75. The Labute approximate surface area is 107 Å². The van der Waals surface area contributed by atoms with Gasteiger partial charge in [0, 0.05) is 6.42 Å². The Morgan fingerprint density at radius 3 is 2.39 bits per heavy atom. The maximum atomic E-state index is 8.77. The molecular weight excluding hydrogens is 228 g/mol. The minimum absolute atomic E-state index is 0.0325.